The minimum Gasteiger partial charge on any atom is -0.347 e. The normalized spacial score (nSPS) is 10.8. The maximum atomic E-state index is 13.2. The van der Waals surface area contributed by atoms with Crippen molar-refractivity contribution in [3.05, 3.63) is 84.2 Å². The van der Waals surface area contributed by atoms with Gasteiger partial charge in [-0.25, -0.2) is 13.9 Å². The third kappa shape index (κ3) is 3.14. The lowest BCUT2D eigenvalue weighted by atomic mass is 10.1. The van der Waals surface area contributed by atoms with Crippen LogP contribution in [0.4, 0.5) is 4.39 Å². The molecule has 0 aliphatic rings. The van der Waals surface area contributed by atoms with Crippen LogP contribution >= 0.6 is 0 Å². The van der Waals surface area contributed by atoms with Gasteiger partial charge in [0.05, 0.1) is 5.69 Å². The average molecular weight is 347 g/mol. The Morgan fingerprint density at radius 2 is 1.96 bits per heavy atom. The molecule has 0 radical (unpaired) electrons. The van der Waals surface area contributed by atoms with Crippen molar-refractivity contribution < 1.29 is 9.18 Å². The number of carbonyl (C=O) groups is 1. The van der Waals surface area contributed by atoms with Crippen LogP contribution in [-0.4, -0.2) is 25.5 Å². The number of pyridine rings is 1. The molecule has 1 aromatic carbocycles. The van der Waals surface area contributed by atoms with E-state index in [0.717, 1.165) is 16.8 Å². The number of nitrogens with one attached hydrogen (secondary N) is 1. The van der Waals surface area contributed by atoms with Crippen LogP contribution in [0.3, 0.4) is 0 Å². The molecule has 0 fully saturated rings. The average Bonchev–Trinajstić information content (AvgIpc) is 3.12. The number of amides is 1. The van der Waals surface area contributed by atoms with Crippen LogP contribution in [0.25, 0.3) is 16.9 Å². The van der Waals surface area contributed by atoms with E-state index in [-0.39, 0.29) is 17.4 Å². The van der Waals surface area contributed by atoms with Gasteiger partial charge in [0.2, 0.25) is 0 Å². The summed E-state index contributed by atoms with van der Waals surface area (Å²) in [6.45, 7) is 0.360. The second-order valence-electron chi connectivity index (χ2n) is 5.68. The minimum absolute atomic E-state index is 0.260. The third-order valence-electron chi connectivity index (χ3n) is 3.91. The molecular weight excluding hydrogens is 333 g/mol. The number of nitrogens with zero attached hydrogens (tertiary/aromatic N) is 4. The molecule has 6 nitrogen and oxygen atoms in total. The maximum Gasteiger partial charge on any atom is 0.272 e. The predicted molar refractivity (Wildman–Crippen MR) is 93.8 cm³/mol. The third-order valence-corrected chi connectivity index (χ3v) is 3.91. The van der Waals surface area contributed by atoms with Crippen molar-refractivity contribution in [3.63, 3.8) is 0 Å². The highest BCUT2D eigenvalue weighted by molar-refractivity contribution is 5.93. The van der Waals surface area contributed by atoms with E-state index in [0.29, 0.717) is 12.2 Å². The molecule has 0 saturated carbocycles. The van der Waals surface area contributed by atoms with Crippen LogP contribution in [-0.2, 0) is 6.54 Å². The van der Waals surface area contributed by atoms with E-state index in [1.165, 1.54) is 12.1 Å². The molecule has 0 unspecified atom stereocenters. The molecule has 0 atom stereocenters. The zero-order valence-electron chi connectivity index (χ0n) is 13.6. The van der Waals surface area contributed by atoms with Crippen LogP contribution in [0.1, 0.15) is 16.1 Å². The Balaban J connectivity index is 1.62. The first-order valence-corrected chi connectivity index (χ1v) is 7.98. The Morgan fingerprint density at radius 3 is 2.73 bits per heavy atom. The van der Waals surface area contributed by atoms with Crippen LogP contribution in [0, 0.1) is 5.82 Å². The summed E-state index contributed by atoms with van der Waals surface area (Å²) in [6, 6.07) is 13.2. The Bertz CT molecular complexity index is 1060. The lowest BCUT2D eigenvalue weighted by molar-refractivity contribution is 0.0945. The SMILES string of the molecule is O=C(NCc1cccnc1)c1cc2nccc(-c3ccc(F)cc3)n2n1. The molecule has 0 aliphatic carbocycles. The molecule has 7 heteroatoms. The number of hydrogen-bond donors (Lipinski definition) is 1. The topological polar surface area (TPSA) is 72.2 Å². The Kier molecular flexibility index (Phi) is 4.10. The lowest BCUT2D eigenvalue weighted by Gasteiger charge is -2.04. The fraction of sp³-hybridized carbons (Fsp3) is 0.0526. The van der Waals surface area contributed by atoms with Gasteiger partial charge in [-0.2, -0.15) is 5.10 Å². The van der Waals surface area contributed by atoms with Gasteiger partial charge in [-0.1, -0.05) is 6.07 Å². The van der Waals surface area contributed by atoms with Crippen LogP contribution < -0.4 is 5.32 Å². The molecule has 1 amide bonds. The fourth-order valence-corrected chi connectivity index (χ4v) is 2.62. The Labute approximate surface area is 148 Å². The van der Waals surface area contributed by atoms with E-state index in [9.17, 15) is 9.18 Å². The molecule has 0 spiro atoms. The Morgan fingerprint density at radius 1 is 1.12 bits per heavy atom. The van der Waals surface area contributed by atoms with Crippen molar-refractivity contribution in [2.75, 3.05) is 0 Å². The van der Waals surface area contributed by atoms with Crippen molar-refractivity contribution in [2.24, 2.45) is 0 Å². The Hall–Kier alpha value is -3.61. The molecular formula is C19H14FN5O. The summed E-state index contributed by atoms with van der Waals surface area (Å²) in [5.41, 5.74) is 3.20. The molecule has 3 heterocycles. The summed E-state index contributed by atoms with van der Waals surface area (Å²) >= 11 is 0. The van der Waals surface area contributed by atoms with Gasteiger partial charge in [-0.3, -0.25) is 9.78 Å². The van der Waals surface area contributed by atoms with Crippen molar-refractivity contribution in [2.45, 2.75) is 6.54 Å². The molecule has 4 rings (SSSR count). The molecule has 26 heavy (non-hydrogen) atoms. The monoisotopic (exact) mass is 347 g/mol. The van der Waals surface area contributed by atoms with Crippen LogP contribution in [0.5, 0.6) is 0 Å². The summed E-state index contributed by atoms with van der Waals surface area (Å²) in [4.78, 5) is 20.7. The first-order chi connectivity index (χ1) is 12.7. The summed E-state index contributed by atoms with van der Waals surface area (Å²) < 4.78 is 14.7. The van der Waals surface area contributed by atoms with E-state index in [1.54, 1.807) is 47.4 Å². The van der Waals surface area contributed by atoms with Gasteiger partial charge in [-0.05, 0) is 42.0 Å². The first kappa shape index (κ1) is 15.9. The van der Waals surface area contributed by atoms with Gasteiger partial charge in [0, 0.05) is 36.8 Å². The maximum absolute atomic E-state index is 13.2. The van der Waals surface area contributed by atoms with Crippen LogP contribution in [0.2, 0.25) is 0 Å². The molecule has 3 aromatic heterocycles. The molecule has 0 bridgehead atoms. The van der Waals surface area contributed by atoms with Crippen LogP contribution in [0.15, 0.2) is 67.1 Å². The minimum atomic E-state index is -0.310. The number of halogens is 1. The van der Waals surface area contributed by atoms with Gasteiger partial charge >= 0.3 is 0 Å². The van der Waals surface area contributed by atoms with Crippen molar-refractivity contribution in [3.8, 4) is 11.3 Å². The predicted octanol–water partition coefficient (Wildman–Crippen LogP) is 2.86. The number of fused-ring (bicyclic) bond motifs is 1. The zero-order chi connectivity index (χ0) is 17.9. The van der Waals surface area contributed by atoms with Gasteiger partial charge in [0.25, 0.3) is 5.91 Å². The van der Waals surface area contributed by atoms with Gasteiger partial charge < -0.3 is 5.32 Å². The van der Waals surface area contributed by atoms with Gasteiger partial charge in [-0.15, -0.1) is 0 Å². The van der Waals surface area contributed by atoms with Crippen molar-refractivity contribution >= 4 is 11.6 Å². The van der Waals surface area contributed by atoms with E-state index >= 15 is 0 Å². The smallest absolute Gasteiger partial charge is 0.272 e. The fourth-order valence-electron chi connectivity index (χ4n) is 2.62. The number of hydrogen-bond acceptors (Lipinski definition) is 4. The van der Waals surface area contributed by atoms with E-state index < -0.39 is 0 Å². The molecule has 4 aromatic rings. The highest BCUT2D eigenvalue weighted by atomic mass is 19.1. The summed E-state index contributed by atoms with van der Waals surface area (Å²) in [5, 5.41) is 7.17. The number of rotatable bonds is 4. The number of benzene rings is 1. The highest BCUT2D eigenvalue weighted by Gasteiger charge is 2.14. The summed E-state index contributed by atoms with van der Waals surface area (Å²) in [6.07, 6.45) is 5.00. The molecule has 1 N–H and O–H groups in total. The van der Waals surface area contributed by atoms with Crippen molar-refractivity contribution in [1.29, 1.82) is 0 Å². The number of carbonyl (C=O) groups excluding carboxylic acids is 1. The van der Waals surface area contributed by atoms with Crippen molar-refractivity contribution in [1.82, 2.24) is 24.9 Å². The second-order valence-corrected chi connectivity index (χ2v) is 5.68. The highest BCUT2D eigenvalue weighted by Crippen LogP contribution is 2.20. The van der Waals surface area contributed by atoms with E-state index in [1.807, 2.05) is 12.1 Å². The zero-order valence-corrected chi connectivity index (χ0v) is 13.6. The van der Waals surface area contributed by atoms with E-state index in [2.05, 4.69) is 20.4 Å². The molecule has 128 valence electrons. The quantitative estimate of drug-likeness (QED) is 0.616. The van der Waals surface area contributed by atoms with Gasteiger partial charge in [0.15, 0.2) is 11.3 Å². The van der Waals surface area contributed by atoms with E-state index in [4.69, 9.17) is 0 Å². The standard InChI is InChI=1S/C19H14FN5O/c20-15-5-3-14(4-6-15)17-7-9-22-18-10-16(24-25(17)18)19(26)23-12-13-2-1-8-21-11-13/h1-11H,12H2,(H,23,26). The molecule has 0 aliphatic heterocycles. The molecule has 0 saturated heterocycles. The first-order valence-electron chi connectivity index (χ1n) is 7.98. The number of aromatic nitrogens is 4. The second kappa shape index (κ2) is 6.72. The largest absolute Gasteiger partial charge is 0.347 e. The summed E-state index contributed by atoms with van der Waals surface area (Å²) in [7, 11) is 0. The van der Waals surface area contributed by atoms with Gasteiger partial charge in [0.1, 0.15) is 5.82 Å². The lowest BCUT2D eigenvalue weighted by Crippen LogP contribution is -2.23. The summed E-state index contributed by atoms with van der Waals surface area (Å²) in [5.74, 6) is -0.612.